The van der Waals surface area contributed by atoms with Gasteiger partial charge in [0.05, 0.1) is 11.1 Å². The van der Waals surface area contributed by atoms with Crippen LogP contribution in [0.5, 0.6) is 11.5 Å². The average Bonchev–Trinajstić information content (AvgIpc) is 2.88. The Morgan fingerprint density at radius 3 is 1.39 bits per heavy atom. The molecule has 0 radical (unpaired) electrons. The fourth-order valence-electron chi connectivity index (χ4n) is 3.33. The molecule has 196 valence electrons. The molecule has 4 aromatic rings. The minimum Gasteiger partial charge on any atom is -0.489 e. The van der Waals surface area contributed by atoms with Crippen LogP contribution in [0.3, 0.4) is 0 Å². The normalized spacial score (nSPS) is 10.2. The van der Waals surface area contributed by atoms with Crippen molar-refractivity contribution in [3.05, 3.63) is 130 Å². The second-order valence-electron chi connectivity index (χ2n) is 8.69. The van der Waals surface area contributed by atoms with Crippen molar-refractivity contribution in [1.29, 1.82) is 0 Å². The van der Waals surface area contributed by atoms with E-state index in [4.69, 9.17) is 14.6 Å². The van der Waals surface area contributed by atoms with E-state index in [1.54, 1.807) is 6.07 Å². The van der Waals surface area contributed by atoms with E-state index in [0.29, 0.717) is 24.7 Å². The molecule has 0 saturated carbocycles. The summed E-state index contributed by atoms with van der Waals surface area (Å²) in [6.45, 7) is 6.03. The number of carbonyl (C=O) groups excluding carboxylic acids is 1. The highest BCUT2D eigenvalue weighted by Gasteiger charge is 2.11. The Bertz CT molecular complexity index is 1290. The minimum absolute atomic E-state index is 0.0858. The van der Waals surface area contributed by atoms with Crippen LogP contribution < -0.4 is 9.47 Å². The van der Waals surface area contributed by atoms with Crippen LogP contribution in [0, 0.1) is 25.5 Å². The van der Waals surface area contributed by atoms with Crippen LogP contribution in [0.4, 0.5) is 8.78 Å². The topological polar surface area (TPSA) is 72.8 Å². The number of carboxylic acid groups (broad SMARTS) is 1. The fraction of sp³-hybridized carbons (Fsp3) is 0.161. The van der Waals surface area contributed by atoms with Gasteiger partial charge < -0.3 is 14.6 Å². The molecule has 0 aliphatic heterocycles. The number of halogens is 2. The number of benzene rings is 4. The van der Waals surface area contributed by atoms with Crippen molar-refractivity contribution >= 4 is 11.8 Å². The molecule has 5 nitrogen and oxygen atoms in total. The lowest BCUT2D eigenvalue weighted by Crippen LogP contribution is -2.01. The summed E-state index contributed by atoms with van der Waals surface area (Å²) in [4.78, 5) is 21.8. The van der Waals surface area contributed by atoms with Crippen LogP contribution in [0.25, 0.3) is 0 Å². The first-order valence-corrected chi connectivity index (χ1v) is 11.8. The van der Waals surface area contributed by atoms with Gasteiger partial charge in [-0.2, -0.15) is 0 Å². The second kappa shape index (κ2) is 13.1. The molecule has 1 N–H and O–H groups in total. The van der Waals surface area contributed by atoms with Gasteiger partial charge >= 0.3 is 5.97 Å². The first kappa shape index (κ1) is 28.1. The number of hydrogen-bond acceptors (Lipinski definition) is 4. The van der Waals surface area contributed by atoms with Crippen LogP contribution >= 0.6 is 0 Å². The summed E-state index contributed by atoms with van der Waals surface area (Å²) in [5.74, 6) is -2.20. The molecule has 0 aromatic heterocycles. The highest BCUT2D eigenvalue weighted by molar-refractivity contribution is 5.94. The SMILES string of the molecule is CC(=O)c1ccc(OCc2ccc(C)cc2)cc1F.Cc1ccc(COc2ccc(C(=O)O)c(F)c2)cc1. The minimum atomic E-state index is -1.29. The third-order valence-electron chi connectivity index (χ3n) is 5.54. The summed E-state index contributed by atoms with van der Waals surface area (Å²) >= 11 is 0. The van der Waals surface area contributed by atoms with Crippen molar-refractivity contribution in [3.8, 4) is 11.5 Å². The Morgan fingerprint density at radius 1 is 0.658 bits per heavy atom. The highest BCUT2D eigenvalue weighted by atomic mass is 19.1. The number of Topliss-reactive ketones (excluding diaryl/α,β-unsaturated/α-hetero) is 1. The molecule has 0 fully saturated rings. The zero-order chi connectivity index (χ0) is 27.7. The van der Waals surface area contributed by atoms with Crippen molar-refractivity contribution in [1.82, 2.24) is 0 Å². The van der Waals surface area contributed by atoms with Crippen molar-refractivity contribution < 1.29 is 33.0 Å². The maximum atomic E-state index is 13.6. The fourth-order valence-corrected chi connectivity index (χ4v) is 3.33. The number of aryl methyl sites for hydroxylation is 2. The number of aromatic carboxylic acids is 1. The van der Waals surface area contributed by atoms with Gasteiger partial charge in [0.15, 0.2) is 5.78 Å². The zero-order valence-corrected chi connectivity index (χ0v) is 21.3. The van der Waals surface area contributed by atoms with Gasteiger partial charge in [-0.15, -0.1) is 0 Å². The molecule has 0 atom stereocenters. The first-order valence-electron chi connectivity index (χ1n) is 11.8. The molecule has 0 aliphatic rings. The van der Waals surface area contributed by atoms with Gasteiger partial charge in [-0.1, -0.05) is 59.7 Å². The summed E-state index contributed by atoms with van der Waals surface area (Å²) in [6, 6.07) is 23.7. The van der Waals surface area contributed by atoms with Crippen molar-refractivity contribution in [2.24, 2.45) is 0 Å². The molecule has 7 heteroatoms. The predicted molar refractivity (Wildman–Crippen MR) is 141 cm³/mol. The van der Waals surface area contributed by atoms with Gasteiger partial charge in [-0.05, 0) is 56.2 Å². The molecular formula is C31H28F2O5. The van der Waals surface area contributed by atoms with Crippen LogP contribution in [-0.2, 0) is 13.2 Å². The number of carboxylic acids is 1. The standard InChI is InChI=1S/C16H15FO2.C15H13FO3/c1-11-3-5-13(6-4-11)10-19-14-7-8-15(12(2)18)16(17)9-14;1-10-2-4-11(5-3-10)9-19-12-6-7-13(15(17)18)14(16)8-12/h3-9H,10H2,1-2H3;2-8H,9H2,1H3,(H,17,18). The summed E-state index contributed by atoms with van der Waals surface area (Å²) in [6.07, 6.45) is 0. The van der Waals surface area contributed by atoms with Crippen LogP contribution in [0.15, 0.2) is 84.9 Å². The van der Waals surface area contributed by atoms with E-state index in [1.807, 2.05) is 62.4 Å². The Balaban J connectivity index is 0.000000211. The van der Waals surface area contributed by atoms with E-state index in [-0.39, 0.29) is 16.9 Å². The predicted octanol–water partition coefficient (Wildman–Crippen LogP) is 7.33. The van der Waals surface area contributed by atoms with Crippen molar-refractivity contribution in [2.45, 2.75) is 34.0 Å². The third-order valence-corrected chi connectivity index (χ3v) is 5.54. The molecule has 0 saturated heterocycles. The Morgan fingerprint density at radius 2 is 1.05 bits per heavy atom. The Hall–Kier alpha value is -4.52. The van der Waals surface area contributed by atoms with E-state index in [0.717, 1.165) is 22.8 Å². The number of ketones is 1. The molecule has 4 aromatic carbocycles. The number of ether oxygens (including phenoxy) is 2. The van der Waals surface area contributed by atoms with Gasteiger partial charge in [0.1, 0.15) is 36.3 Å². The van der Waals surface area contributed by atoms with E-state index in [1.165, 1.54) is 36.8 Å². The lowest BCUT2D eigenvalue weighted by atomic mass is 10.1. The van der Waals surface area contributed by atoms with E-state index in [9.17, 15) is 18.4 Å². The lowest BCUT2D eigenvalue weighted by molar-refractivity contribution is 0.0691. The van der Waals surface area contributed by atoms with E-state index in [2.05, 4.69) is 0 Å². The monoisotopic (exact) mass is 518 g/mol. The molecule has 0 bridgehead atoms. The molecule has 38 heavy (non-hydrogen) atoms. The van der Waals surface area contributed by atoms with E-state index < -0.39 is 17.6 Å². The summed E-state index contributed by atoms with van der Waals surface area (Å²) in [5, 5.41) is 8.71. The van der Waals surface area contributed by atoms with Crippen LogP contribution in [-0.4, -0.2) is 16.9 Å². The molecule has 0 unspecified atom stereocenters. The molecule has 0 amide bonds. The Labute approximate surface area is 220 Å². The summed E-state index contributed by atoms with van der Waals surface area (Å²) < 4.78 is 37.9. The first-order chi connectivity index (χ1) is 18.1. The van der Waals surface area contributed by atoms with Gasteiger partial charge in [-0.25, -0.2) is 13.6 Å². The maximum Gasteiger partial charge on any atom is 0.338 e. The largest absolute Gasteiger partial charge is 0.489 e. The molecule has 0 aliphatic carbocycles. The van der Waals surface area contributed by atoms with E-state index >= 15 is 0 Å². The Kier molecular flexibility index (Phi) is 9.71. The molecule has 4 rings (SSSR count). The van der Waals surface area contributed by atoms with Gasteiger partial charge in [-0.3, -0.25) is 4.79 Å². The van der Waals surface area contributed by atoms with Crippen molar-refractivity contribution in [2.75, 3.05) is 0 Å². The molecule has 0 heterocycles. The quantitative estimate of drug-likeness (QED) is 0.247. The van der Waals surface area contributed by atoms with Crippen molar-refractivity contribution in [3.63, 3.8) is 0 Å². The van der Waals surface area contributed by atoms with Crippen LogP contribution in [0.2, 0.25) is 0 Å². The summed E-state index contributed by atoms with van der Waals surface area (Å²) in [5.41, 5.74) is 4.04. The van der Waals surface area contributed by atoms with Crippen LogP contribution in [0.1, 0.15) is 49.9 Å². The van der Waals surface area contributed by atoms with Gasteiger partial charge in [0, 0.05) is 12.1 Å². The highest BCUT2D eigenvalue weighted by Crippen LogP contribution is 2.19. The number of rotatable bonds is 8. The maximum absolute atomic E-state index is 13.6. The average molecular weight is 519 g/mol. The molecular weight excluding hydrogens is 490 g/mol. The molecule has 0 spiro atoms. The summed E-state index contributed by atoms with van der Waals surface area (Å²) in [7, 11) is 0. The zero-order valence-electron chi connectivity index (χ0n) is 21.3. The third kappa shape index (κ3) is 8.27. The smallest absolute Gasteiger partial charge is 0.338 e. The second-order valence-corrected chi connectivity index (χ2v) is 8.69. The number of hydrogen-bond donors (Lipinski definition) is 1. The lowest BCUT2D eigenvalue weighted by Gasteiger charge is -2.08. The van der Waals surface area contributed by atoms with Gasteiger partial charge in [0.25, 0.3) is 0 Å². The number of carbonyl (C=O) groups is 2. The van der Waals surface area contributed by atoms with Gasteiger partial charge in [0.2, 0.25) is 0 Å².